The molecule has 0 radical (unpaired) electrons. The van der Waals surface area contributed by atoms with E-state index in [9.17, 15) is 4.79 Å². The Morgan fingerprint density at radius 1 is 1.67 bits per heavy atom. The van der Waals surface area contributed by atoms with E-state index in [0.717, 1.165) is 31.5 Å². The highest BCUT2D eigenvalue weighted by molar-refractivity contribution is 5.95. The van der Waals surface area contributed by atoms with Gasteiger partial charge < -0.3 is 10.6 Å². The Morgan fingerprint density at radius 2 is 2.44 bits per heavy atom. The van der Waals surface area contributed by atoms with E-state index in [0.29, 0.717) is 11.6 Å². The lowest BCUT2D eigenvalue weighted by Gasteiger charge is -2.30. The summed E-state index contributed by atoms with van der Waals surface area (Å²) in [6.45, 7) is 5.18. The monoisotopic (exact) mass is 250 g/mol. The Labute approximate surface area is 108 Å². The molecule has 1 aromatic rings. The lowest BCUT2D eigenvalue weighted by atomic mass is 9.99. The van der Waals surface area contributed by atoms with Gasteiger partial charge in [0, 0.05) is 25.3 Å². The van der Waals surface area contributed by atoms with Gasteiger partial charge in [-0.05, 0) is 32.7 Å². The summed E-state index contributed by atoms with van der Waals surface area (Å²) >= 11 is 0. The number of hydrogen-bond acceptors (Lipinski definition) is 3. The highest BCUT2D eigenvalue weighted by atomic mass is 16.1. The second kappa shape index (κ2) is 5.52. The van der Waals surface area contributed by atoms with Crippen molar-refractivity contribution in [1.82, 2.24) is 20.4 Å². The Hall–Kier alpha value is -1.36. The minimum absolute atomic E-state index is 0.000463. The minimum atomic E-state index is 0.000463. The highest BCUT2D eigenvalue weighted by Gasteiger charge is 2.24. The average Bonchev–Trinajstić information content (AvgIpc) is 2.73. The summed E-state index contributed by atoms with van der Waals surface area (Å²) in [6, 6.07) is 0.556. The molecule has 1 saturated heterocycles. The van der Waals surface area contributed by atoms with Crippen LogP contribution >= 0.6 is 0 Å². The molecule has 0 bridgehead atoms. The summed E-state index contributed by atoms with van der Waals surface area (Å²) in [5.74, 6) is 0.000463. The van der Waals surface area contributed by atoms with Gasteiger partial charge in [0.1, 0.15) is 0 Å². The first kappa shape index (κ1) is 13.1. The summed E-state index contributed by atoms with van der Waals surface area (Å²) in [7, 11) is 1.85. The first-order valence-electron chi connectivity index (χ1n) is 6.68. The molecule has 5 heteroatoms. The van der Waals surface area contributed by atoms with Crippen LogP contribution in [-0.4, -0.2) is 34.3 Å². The van der Waals surface area contributed by atoms with Crippen molar-refractivity contribution in [2.24, 2.45) is 7.05 Å². The largest absolute Gasteiger partial charge is 0.348 e. The molecule has 0 spiro atoms. The van der Waals surface area contributed by atoms with E-state index in [1.54, 1.807) is 10.9 Å². The SMILES string of the molecule is CCc1nn(C)cc1C(=O)NC1CCCNC1C. The molecule has 2 unspecified atom stereocenters. The number of nitrogens with one attached hydrogen (secondary N) is 2. The molecule has 1 amide bonds. The normalized spacial score (nSPS) is 23.9. The van der Waals surface area contributed by atoms with Crippen LogP contribution in [0.1, 0.15) is 42.7 Å². The molecule has 2 rings (SSSR count). The van der Waals surface area contributed by atoms with Gasteiger partial charge in [0.15, 0.2) is 0 Å². The number of aromatic nitrogens is 2. The lowest BCUT2D eigenvalue weighted by Crippen LogP contribution is -2.51. The predicted molar refractivity (Wildman–Crippen MR) is 70.5 cm³/mol. The smallest absolute Gasteiger partial charge is 0.255 e. The van der Waals surface area contributed by atoms with Crippen molar-refractivity contribution < 1.29 is 4.79 Å². The van der Waals surface area contributed by atoms with Crippen LogP contribution < -0.4 is 10.6 Å². The molecule has 2 heterocycles. The zero-order chi connectivity index (χ0) is 13.1. The predicted octanol–water partition coefficient (Wildman–Crippen LogP) is 0.853. The molecule has 0 aliphatic carbocycles. The fourth-order valence-corrected chi connectivity index (χ4v) is 2.47. The third-order valence-corrected chi connectivity index (χ3v) is 3.56. The van der Waals surface area contributed by atoms with Crippen LogP contribution in [0.5, 0.6) is 0 Å². The maximum absolute atomic E-state index is 12.3. The number of aryl methyl sites for hydroxylation is 2. The molecular weight excluding hydrogens is 228 g/mol. The molecule has 5 nitrogen and oxygen atoms in total. The molecule has 0 saturated carbocycles. The van der Waals surface area contributed by atoms with Gasteiger partial charge in [-0.2, -0.15) is 5.10 Å². The van der Waals surface area contributed by atoms with Crippen molar-refractivity contribution in [2.45, 2.75) is 45.2 Å². The molecule has 0 aromatic carbocycles. The van der Waals surface area contributed by atoms with Crippen molar-refractivity contribution in [2.75, 3.05) is 6.54 Å². The fourth-order valence-electron chi connectivity index (χ4n) is 2.47. The van der Waals surface area contributed by atoms with Crippen molar-refractivity contribution in [3.63, 3.8) is 0 Å². The molecule has 2 N–H and O–H groups in total. The van der Waals surface area contributed by atoms with Gasteiger partial charge in [-0.15, -0.1) is 0 Å². The van der Waals surface area contributed by atoms with Crippen LogP contribution in [0.4, 0.5) is 0 Å². The van der Waals surface area contributed by atoms with Crippen LogP contribution in [0.25, 0.3) is 0 Å². The van der Waals surface area contributed by atoms with Crippen LogP contribution in [0.2, 0.25) is 0 Å². The van der Waals surface area contributed by atoms with E-state index < -0.39 is 0 Å². The van der Waals surface area contributed by atoms with E-state index in [1.807, 2.05) is 14.0 Å². The summed E-state index contributed by atoms with van der Waals surface area (Å²) in [5.41, 5.74) is 1.57. The number of rotatable bonds is 3. The summed E-state index contributed by atoms with van der Waals surface area (Å²) in [4.78, 5) is 12.3. The first-order valence-corrected chi connectivity index (χ1v) is 6.68. The highest BCUT2D eigenvalue weighted by Crippen LogP contribution is 2.11. The maximum atomic E-state index is 12.3. The Morgan fingerprint density at radius 3 is 3.11 bits per heavy atom. The van der Waals surface area contributed by atoms with Gasteiger partial charge in [0.2, 0.25) is 0 Å². The zero-order valence-corrected chi connectivity index (χ0v) is 11.4. The van der Waals surface area contributed by atoms with Crippen LogP contribution in [0, 0.1) is 0 Å². The maximum Gasteiger partial charge on any atom is 0.255 e. The van der Waals surface area contributed by atoms with E-state index >= 15 is 0 Å². The van der Waals surface area contributed by atoms with Crippen LogP contribution in [0.3, 0.4) is 0 Å². The fraction of sp³-hybridized carbons (Fsp3) is 0.692. The molecule has 1 aliphatic heterocycles. The van der Waals surface area contributed by atoms with Gasteiger partial charge in [-0.25, -0.2) is 0 Å². The lowest BCUT2D eigenvalue weighted by molar-refractivity contribution is 0.0919. The Kier molecular flexibility index (Phi) is 4.01. The van der Waals surface area contributed by atoms with Gasteiger partial charge in [0.25, 0.3) is 5.91 Å². The van der Waals surface area contributed by atoms with E-state index in [2.05, 4.69) is 22.7 Å². The molecular formula is C13H22N4O. The molecule has 1 aliphatic rings. The van der Waals surface area contributed by atoms with Gasteiger partial charge in [-0.3, -0.25) is 9.48 Å². The molecule has 18 heavy (non-hydrogen) atoms. The third-order valence-electron chi connectivity index (χ3n) is 3.56. The van der Waals surface area contributed by atoms with E-state index in [-0.39, 0.29) is 11.9 Å². The quantitative estimate of drug-likeness (QED) is 0.836. The second-order valence-corrected chi connectivity index (χ2v) is 4.98. The van der Waals surface area contributed by atoms with Crippen molar-refractivity contribution in [1.29, 1.82) is 0 Å². The average molecular weight is 250 g/mol. The number of amides is 1. The number of piperidine rings is 1. The molecule has 1 aromatic heterocycles. The molecule has 2 atom stereocenters. The van der Waals surface area contributed by atoms with E-state index in [1.165, 1.54) is 0 Å². The Balaban J connectivity index is 2.06. The third kappa shape index (κ3) is 2.72. The number of hydrogen-bond donors (Lipinski definition) is 2. The first-order chi connectivity index (χ1) is 8.61. The zero-order valence-electron chi connectivity index (χ0n) is 11.4. The molecule has 1 fully saturated rings. The summed E-state index contributed by atoms with van der Waals surface area (Å²) < 4.78 is 1.70. The van der Waals surface area contributed by atoms with Crippen molar-refractivity contribution in [3.8, 4) is 0 Å². The van der Waals surface area contributed by atoms with Gasteiger partial charge in [-0.1, -0.05) is 6.92 Å². The summed E-state index contributed by atoms with van der Waals surface area (Å²) in [5, 5.41) is 10.8. The van der Waals surface area contributed by atoms with Crippen LogP contribution in [0.15, 0.2) is 6.20 Å². The second-order valence-electron chi connectivity index (χ2n) is 4.98. The standard InChI is InChI=1S/C13H22N4O/c1-4-11-10(8-17(3)16-11)13(18)15-12-6-5-7-14-9(12)2/h8-9,12,14H,4-7H2,1-3H3,(H,15,18). The molecule has 100 valence electrons. The number of carbonyl (C=O) groups is 1. The van der Waals surface area contributed by atoms with Gasteiger partial charge in [0.05, 0.1) is 11.3 Å². The Bertz CT molecular complexity index is 427. The van der Waals surface area contributed by atoms with Crippen LogP contribution in [-0.2, 0) is 13.5 Å². The number of nitrogens with zero attached hydrogens (tertiary/aromatic N) is 2. The topological polar surface area (TPSA) is 59.0 Å². The van der Waals surface area contributed by atoms with Crippen molar-refractivity contribution >= 4 is 5.91 Å². The minimum Gasteiger partial charge on any atom is -0.348 e. The van der Waals surface area contributed by atoms with Crippen molar-refractivity contribution in [3.05, 3.63) is 17.5 Å². The van der Waals surface area contributed by atoms with Gasteiger partial charge >= 0.3 is 0 Å². The number of carbonyl (C=O) groups excluding carboxylic acids is 1. The summed E-state index contributed by atoms with van der Waals surface area (Å²) in [6.07, 6.45) is 4.74. The van der Waals surface area contributed by atoms with E-state index in [4.69, 9.17) is 0 Å².